The van der Waals surface area contributed by atoms with E-state index in [2.05, 4.69) is 20.9 Å². The van der Waals surface area contributed by atoms with Crippen LogP contribution in [0.15, 0.2) is 24.3 Å². The molecule has 11 heteroatoms. The Morgan fingerprint density at radius 2 is 1.62 bits per heavy atom. The summed E-state index contributed by atoms with van der Waals surface area (Å²) < 4.78 is 0. The van der Waals surface area contributed by atoms with Crippen molar-refractivity contribution in [3.05, 3.63) is 35.0 Å². The Bertz CT molecular complexity index is 1240. The van der Waals surface area contributed by atoms with Crippen molar-refractivity contribution in [2.24, 2.45) is 5.92 Å². The number of nitrogens with one attached hydrogen (secondary N) is 4. The monoisotopic (exact) mass is 603 g/mol. The van der Waals surface area contributed by atoms with Gasteiger partial charge < -0.3 is 30.9 Å². The Balaban J connectivity index is 1.88. The fraction of sp³-hybridized carbons (Fsp3) is 0.613. The highest BCUT2D eigenvalue weighted by molar-refractivity contribution is 6.31. The van der Waals surface area contributed by atoms with Crippen LogP contribution in [0.25, 0.3) is 10.9 Å². The van der Waals surface area contributed by atoms with Crippen molar-refractivity contribution in [2.75, 3.05) is 0 Å². The fourth-order valence-electron chi connectivity index (χ4n) is 5.74. The number of H-pyrrole nitrogens is 1. The number of rotatable bonds is 13. The molecule has 2 aromatic rings. The van der Waals surface area contributed by atoms with E-state index in [1.165, 1.54) is 0 Å². The number of carbonyl (C=O) groups excluding carboxylic acids is 3. The molecule has 0 radical (unpaired) electrons. The normalized spacial score (nSPS) is 19.3. The molecule has 10 nitrogen and oxygen atoms in total. The number of para-hydroxylation sites is 1. The van der Waals surface area contributed by atoms with Crippen molar-refractivity contribution < 1.29 is 24.3 Å². The predicted octanol–water partition coefficient (Wildman–Crippen LogP) is 5.00. The number of carboxylic acids is 1. The summed E-state index contributed by atoms with van der Waals surface area (Å²) in [6.07, 6.45) is 4.90. The van der Waals surface area contributed by atoms with Crippen LogP contribution in [0.5, 0.6) is 0 Å². The van der Waals surface area contributed by atoms with Crippen molar-refractivity contribution in [3.63, 3.8) is 0 Å². The Hall–Kier alpha value is -3.27. The largest absolute Gasteiger partial charge is 0.480 e. The molecule has 0 saturated carbocycles. The third-order valence-electron chi connectivity index (χ3n) is 8.01. The van der Waals surface area contributed by atoms with E-state index in [-0.39, 0.29) is 36.9 Å². The van der Waals surface area contributed by atoms with Crippen LogP contribution in [0, 0.1) is 5.92 Å². The van der Waals surface area contributed by atoms with Gasteiger partial charge in [0.15, 0.2) is 0 Å². The summed E-state index contributed by atoms with van der Waals surface area (Å²) >= 11 is 6.53. The Labute approximate surface area is 253 Å². The number of unbranched alkanes of at least 4 members (excludes halogenated alkanes) is 1. The highest BCUT2D eigenvalue weighted by Crippen LogP contribution is 2.27. The molecule has 0 bridgehead atoms. The lowest BCUT2D eigenvalue weighted by Gasteiger charge is -2.39. The molecule has 42 heavy (non-hydrogen) atoms. The second-order valence-electron chi connectivity index (χ2n) is 11.9. The standard InChI is InChI=1S/C31H46ClN5O5/c1-6-7-14-24(30(40)41)34-29(39)26(17-22-21-13-8-9-15-23(21)33-27(22)32)35-28(38)25(16-18(2)3)36-31(42)37-19(4)11-10-12-20(37)5/h8-9,13,15,18-20,24-26,33H,6-7,10-12,14,16-17H2,1-5H3,(H,34,39)(H,35,38)(H,36,42)(H,40,41)/t19-,20+,24-,25?,26+/m0/s1. The second-order valence-corrected chi connectivity index (χ2v) is 12.3. The number of hydrogen-bond acceptors (Lipinski definition) is 4. The van der Waals surface area contributed by atoms with E-state index >= 15 is 0 Å². The maximum absolute atomic E-state index is 13.8. The van der Waals surface area contributed by atoms with Crippen molar-refractivity contribution in [2.45, 2.75) is 116 Å². The zero-order chi connectivity index (χ0) is 31.0. The van der Waals surface area contributed by atoms with Crippen molar-refractivity contribution in [1.29, 1.82) is 0 Å². The number of aliphatic carboxylic acids is 1. The van der Waals surface area contributed by atoms with E-state index < -0.39 is 35.9 Å². The van der Waals surface area contributed by atoms with Gasteiger partial charge in [0.2, 0.25) is 11.8 Å². The number of benzene rings is 1. The highest BCUT2D eigenvalue weighted by atomic mass is 35.5. The molecule has 232 valence electrons. The van der Waals surface area contributed by atoms with Crippen molar-refractivity contribution in [3.8, 4) is 0 Å². The molecule has 1 fully saturated rings. The van der Waals surface area contributed by atoms with E-state index in [4.69, 9.17) is 11.6 Å². The van der Waals surface area contributed by atoms with Gasteiger partial charge in [-0.25, -0.2) is 9.59 Å². The summed E-state index contributed by atoms with van der Waals surface area (Å²) in [5.41, 5.74) is 1.41. The van der Waals surface area contributed by atoms with Gasteiger partial charge in [-0.05, 0) is 63.5 Å². The van der Waals surface area contributed by atoms with E-state index in [0.717, 1.165) is 36.6 Å². The lowest BCUT2D eigenvalue weighted by Crippen LogP contribution is -2.59. The Morgan fingerprint density at radius 1 is 1.00 bits per heavy atom. The molecule has 2 heterocycles. The summed E-state index contributed by atoms with van der Waals surface area (Å²) in [6.45, 7) is 9.88. The summed E-state index contributed by atoms with van der Waals surface area (Å²) in [7, 11) is 0. The lowest BCUT2D eigenvalue weighted by atomic mass is 9.97. The highest BCUT2D eigenvalue weighted by Gasteiger charge is 2.34. The maximum Gasteiger partial charge on any atom is 0.326 e. The zero-order valence-electron chi connectivity index (χ0n) is 25.3. The molecule has 1 saturated heterocycles. The number of aromatic amines is 1. The second kappa shape index (κ2) is 15.3. The topological polar surface area (TPSA) is 144 Å². The number of halogens is 1. The minimum absolute atomic E-state index is 0.0308. The first-order valence-corrected chi connectivity index (χ1v) is 15.5. The van der Waals surface area contributed by atoms with Crippen LogP contribution in [0.2, 0.25) is 5.15 Å². The molecule has 1 aromatic heterocycles. The first kappa shape index (κ1) is 33.2. The van der Waals surface area contributed by atoms with Crippen LogP contribution in [0.1, 0.15) is 85.1 Å². The third kappa shape index (κ3) is 8.63. The number of urea groups is 1. The van der Waals surface area contributed by atoms with Gasteiger partial charge in [-0.1, -0.05) is 63.4 Å². The quantitative estimate of drug-likeness (QED) is 0.219. The summed E-state index contributed by atoms with van der Waals surface area (Å²) in [5.74, 6) is -2.19. The molecular weight excluding hydrogens is 558 g/mol. The predicted molar refractivity (Wildman–Crippen MR) is 164 cm³/mol. The van der Waals surface area contributed by atoms with Gasteiger partial charge in [0, 0.05) is 29.4 Å². The van der Waals surface area contributed by atoms with Crippen LogP contribution < -0.4 is 16.0 Å². The van der Waals surface area contributed by atoms with Crippen LogP contribution in [-0.4, -0.2) is 69.0 Å². The van der Waals surface area contributed by atoms with Gasteiger partial charge in [-0.3, -0.25) is 9.59 Å². The molecule has 0 spiro atoms. The molecular formula is C31H46ClN5O5. The van der Waals surface area contributed by atoms with Crippen LogP contribution in [-0.2, 0) is 20.8 Å². The number of carboxylic acid groups (broad SMARTS) is 1. The van der Waals surface area contributed by atoms with Crippen molar-refractivity contribution in [1.82, 2.24) is 25.8 Å². The molecule has 1 aliphatic rings. The van der Waals surface area contributed by atoms with Gasteiger partial charge in [-0.15, -0.1) is 0 Å². The summed E-state index contributed by atoms with van der Waals surface area (Å²) in [5, 5.41) is 19.2. The summed E-state index contributed by atoms with van der Waals surface area (Å²) in [6, 6.07) is 4.13. The number of nitrogens with zero attached hydrogens (tertiary/aromatic N) is 1. The number of piperidine rings is 1. The SMILES string of the molecule is CCCC[C@H](NC(=O)[C@@H](Cc1c(Cl)[nH]c2ccccc12)NC(=O)C(CC(C)C)NC(=O)N1[C@H](C)CCC[C@@H]1C)C(=O)O. The third-order valence-corrected chi connectivity index (χ3v) is 8.34. The molecule has 1 unspecified atom stereocenters. The number of carbonyl (C=O) groups is 4. The molecule has 1 aromatic carbocycles. The van der Waals surface area contributed by atoms with Crippen LogP contribution >= 0.6 is 11.6 Å². The average Bonchev–Trinajstić information content (AvgIpc) is 3.24. The number of aromatic nitrogens is 1. The first-order chi connectivity index (χ1) is 19.9. The smallest absolute Gasteiger partial charge is 0.326 e. The van der Waals surface area contributed by atoms with Crippen molar-refractivity contribution >= 4 is 46.3 Å². The number of hydrogen-bond donors (Lipinski definition) is 5. The minimum atomic E-state index is -1.14. The Morgan fingerprint density at radius 3 is 2.24 bits per heavy atom. The van der Waals surface area contributed by atoms with E-state index in [0.29, 0.717) is 23.6 Å². The minimum Gasteiger partial charge on any atom is -0.480 e. The van der Waals surface area contributed by atoms with E-state index in [9.17, 15) is 24.3 Å². The molecule has 5 atom stereocenters. The van der Waals surface area contributed by atoms with Gasteiger partial charge in [0.1, 0.15) is 23.3 Å². The fourth-order valence-corrected chi connectivity index (χ4v) is 6.02. The van der Waals surface area contributed by atoms with Gasteiger partial charge in [0.25, 0.3) is 0 Å². The van der Waals surface area contributed by atoms with E-state index in [1.54, 1.807) is 4.90 Å². The maximum atomic E-state index is 13.8. The van der Waals surface area contributed by atoms with E-state index in [1.807, 2.05) is 58.9 Å². The molecule has 5 N–H and O–H groups in total. The average molecular weight is 604 g/mol. The summed E-state index contributed by atoms with van der Waals surface area (Å²) in [4.78, 5) is 57.5. The number of fused-ring (bicyclic) bond motifs is 1. The Kier molecular flexibility index (Phi) is 12.1. The molecule has 4 amide bonds. The molecule has 1 aliphatic heterocycles. The molecule has 3 rings (SSSR count). The molecule has 0 aliphatic carbocycles. The van der Waals surface area contributed by atoms with Gasteiger partial charge >= 0.3 is 12.0 Å². The van der Waals surface area contributed by atoms with Crippen LogP contribution in [0.4, 0.5) is 4.79 Å². The lowest BCUT2D eigenvalue weighted by molar-refractivity contribution is -0.142. The number of likely N-dealkylation sites (tertiary alicyclic amines) is 1. The van der Waals surface area contributed by atoms with Crippen LogP contribution in [0.3, 0.4) is 0 Å². The van der Waals surface area contributed by atoms with Gasteiger partial charge in [0.05, 0.1) is 0 Å². The zero-order valence-corrected chi connectivity index (χ0v) is 26.1. The first-order valence-electron chi connectivity index (χ1n) is 15.1. The van der Waals surface area contributed by atoms with Gasteiger partial charge in [-0.2, -0.15) is 0 Å². The number of amides is 4.